The summed E-state index contributed by atoms with van der Waals surface area (Å²) in [6.45, 7) is 1.32. The van der Waals surface area contributed by atoms with Crippen LogP contribution in [0, 0.1) is 0 Å². The molecule has 2 unspecified atom stereocenters. The van der Waals surface area contributed by atoms with Gasteiger partial charge in [0.2, 0.25) is 5.89 Å². The first-order chi connectivity index (χ1) is 9.36. The number of nitrogens with zero attached hydrogens (tertiary/aromatic N) is 3. The van der Waals surface area contributed by atoms with Gasteiger partial charge < -0.3 is 15.1 Å². The summed E-state index contributed by atoms with van der Waals surface area (Å²) in [4.78, 5) is 1.83. The molecule has 1 fully saturated rings. The number of hydrogen-bond donors (Lipinski definition) is 1. The van der Waals surface area contributed by atoms with Crippen molar-refractivity contribution in [2.45, 2.75) is 24.3 Å². The second-order valence-corrected chi connectivity index (χ2v) is 6.18. The molecule has 0 aromatic carbocycles. The lowest BCUT2D eigenvalue weighted by molar-refractivity contribution is -0.0385. The zero-order chi connectivity index (χ0) is 14.8. The lowest BCUT2D eigenvalue weighted by Gasteiger charge is -2.30. The zero-order valence-electron chi connectivity index (χ0n) is 10.6. The van der Waals surface area contributed by atoms with E-state index in [1.807, 2.05) is 4.90 Å². The van der Waals surface area contributed by atoms with E-state index in [1.54, 1.807) is 0 Å². The van der Waals surface area contributed by atoms with Crippen molar-refractivity contribution in [2.75, 3.05) is 31.1 Å². The van der Waals surface area contributed by atoms with Gasteiger partial charge in [-0.05, 0) is 19.4 Å². The molecule has 1 aliphatic rings. The summed E-state index contributed by atoms with van der Waals surface area (Å²) >= 11 is 0. The summed E-state index contributed by atoms with van der Waals surface area (Å²) < 4.78 is 52.6. The van der Waals surface area contributed by atoms with E-state index in [2.05, 4.69) is 10.2 Å². The molecular formula is C10H15F3N4O2S. The first-order valence-electron chi connectivity index (χ1n) is 6.12. The van der Waals surface area contributed by atoms with Crippen LogP contribution in [-0.4, -0.2) is 50.2 Å². The van der Waals surface area contributed by atoms with Gasteiger partial charge in [0.15, 0.2) is 0 Å². The average Bonchev–Trinajstić information content (AvgIpc) is 2.82. The predicted octanol–water partition coefficient (Wildman–Crippen LogP) is 1.10. The molecule has 1 aliphatic heterocycles. The Balaban J connectivity index is 1.86. The van der Waals surface area contributed by atoms with E-state index in [4.69, 9.17) is 10.2 Å². The van der Waals surface area contributed by atoms with Gasteiger partial charge in [0.25, 0.3) is 0 Å². The SMILES string of the molecule is Nc1nnc(C2CCCN(CCS(=O)C(F)(F)F)C2)o1. The number of piperidine rings is 1. The van der Waals surface area contributed by atoms with E-state index in [-0.39, 0.29) is 18.5 Å². The summed E-state index contributed by atoms with van der Waals surface area (Å²) in [5.74, 6) is -0.0423. The first-order valence-corrected chi connectivity index (χ1v) is 7.44. The van der Waals surface area contributed by atoms with E-state index in [9.17, 15) is 17.4 Å². The van der Waals surface area contributed by atoms with Crippen molar-refractivity contribution in [2.24, 2.45) is 0 Å². The Hall–Kier alpha value is -1.16. The van der Waals surface area contributed by atoms with Gasteiger partial charge in [0.1, 0.15) is 10.8 Å². The third kappa shape index (κ3) is 3.92. The first kappa shape index (κ1) is 15.2. The Morgan fingerprint density at radius 2 is 2.20 bits per heavy atom. The van der Waals surface area contributed by atoms with Gasteiger partial charge in [-0.3, -0.25) is 4.21 Å². The molecule has 0 saturated carbocycles. The van der Waals surface area contributed by atoms with E-state index in [0.717, 1.165) is 12.8 Å². The fourth-order valence-corrected chi connectivity index (χ4v) is 2.85. The number of nitrogen functional groups attached to an aromatic ring is 1. The highest BCUT2D eigenvalue weighted by molar-refractivity contribution is 7.85. The highest BCUT2D eigenvalue weighted by Gasteiger charge is 2.36. The highest BCUT2D eigenvalue weighted by Crippen LogP contribution is 2.26. The number of anilines is 1. The van der Waals surface area contributed by atoms with Crippen LogP contribution in [0.3, 0.4) is 0 Å². The van der Waals surface area contributed by atoms with Crippen molar-refractivity contribution >= 4 is 16.8 Å². The van der Waals surface area contributed by atoms with Gasteiger partial charge in [0.05, 0.1) is 5.92 Å². The minimum absolute atomic E-state index is 0.0182. The Morgan fingerprint density at radius 1 is 1.45 bits per heavy atom. The maximum atomic E-state index is 12.2. The number of hydrogen-bond acceptors (Lipinski definition) is 6. The third-order valence-corrected chi connectivity index (χ3v) is 4.23. The van der Waals surface area contributed by atoms with Crippen LogP contribution in [0.4, 0.5) is 19.2 Å². The van der Waals surface area contributed by atoms with Gasteiger partial charge in [0, 0.05) is 18.8 Å². The Labute approximate surface area is 116 Å². The van der Waals surface area contributed by atoms with Crippen molar-refractivity contribution in [1.82, 2.24) is 15.1 Å². The van der Waals surface area contributed by atoms with Crippen molar-refractivity contribution in [1.29, 1.82) is 0 Å². The molecule has 1 aromatic rings. The predicted molar refractivity (Wildman–Crippen MR) is 66.2 cm³/mol. The van der Waals surface area contributed by atoms with Gasteiger partial charge in [-0.25, -0.2) is 0 Å². The third-order valence-electron chi connectivity index (χ3n) is 3.16. The van der Waals surface area contributed by atoms with Crippen molar-refractivity contribution < 1.29 is 21.8 Å². The average molecular weight is 312 g/mol. The largest absolute Gasteiger partial charge is 0.471 e. The van der Waals surface area contributed by atoms with Crippen molar-refractivity contribution in [3.05, 3.63) is 5.89 Å². The summed E-state index contributed by atoms with van der Waals surface area (Å²) in [6.07, 6.45) is 1.63. The molecule has 20 heavy (non-hydrogen) atoms. The maximum Gasteiger partial charge on any atom is 0.471 e. The normalized spacial score (nSPS) is 22.9. The summed E-state index contributed by atoms with van der Waals surface area (Å²) in [5.41, 5.74) is 0.704. The molecule has 2 heterocycles. The van der Waals surface area contributed by atoms with Gasteiger partial charge in [-0.2, -0.15) is 13.2 Å². The summed E-state index contributed by atoms with van der Waals surface area (Å²) in [7, 11) is -2.80. The van der Waals surface area contributed by atoms with Crippen molar-refractivity contribution in [3.63, 3.8) is 0 Å². The Morgan fingerprint density at radius 3 is 2.80 bits per heavy atom. The molecule has 2 N–H and O–H groups in total. The fourth-order valence-electron chi connectivity index (χ4n) is 2.20. The quantitative estimate of drug-likeness (QED) is 0.896. The van der Waals surface area contributed by atoms with Crippen LogP contribution in [0.1, 0.15) is 24.7 Å². The maximum absolute atomic E-state index is 12.2. The minimum Gasteiger partial charge on any atom is -0.408 e. The number of alkyl halides is 3. The summed E-state index contributed by atoms with van der Waals surface area (Å²) in [5, 5.41) is 7.37. The molecule has 0 spiro atoms. The molecule has 1 aromatic heterocycles. The van der Waals surface area contributed by atoms with Gasteiger partial charge in [-0.1, -0.05) is 5.10 Å². The van der Waals surface area contributed by atoms with Crippen LogP contribution in [0.2, 0.25) is 0 Å². The molecule has 6 nitrogen and oxygen atoms in total. The molecule has 2 atom stereocenters. The molecule has 0 radical (unpaired) electrons. The number of rotatable bonds is 4. The second kappa shape index (κ2) is 6.08. The molecule has 0 amide bonds. The molecule has 0 aliphatic carbocycles. The Bertz CT molecular complexity index is 479. The van der Waals surface area contributed by atoms with Crippen LogP contribution in [0.5, 0.6) is 0 Å². The van der Waals surface area contributed by atoms with Crippen LogP contribution >= 0.6 is 0 Å². The van der Waals surface area contributed by atoms with Gasteiger partial charge >= 0.3 is 11.5 Å². The monoisotopic (exact) mass is 312 g/mol. The molecule has 1 saturated heterocycles. The molecule has 10 heteroatoms. The van der Waals surface area contributed by atoms with Crippen LogP contribution < -0.4 is 5.73 Å². The highest BCUT2D eigenvalue weighted by atomic mass is 32.2. The number of aromatic nitrogens is 2. The smallest absolute Gasteiger partial charge is 0.408 e. The van der Waals surface area contributed by atoms with Gasteiger partial charge in [-0.15, -0.1) is 5.10 Å². The lowest BCUT2D eigenvalue weighted by atomic mass is 9.98. The topological polar surface area (TPSA) is 85.2 Å². The van der Waals surface area contributed by atoms with Crippen LogP contribution in [-0.2, 0) is 10.8 Å². The fraction of sp³-hybridized carbons (Fsp3) is 0.800. The van der Waals surface area contributed by atoms with E-state index in [0.29, 0.717) is 19.0 Å². The molecule has 0 bridgehead atoms. The standard InChI is InChI=1S/C10H15F3N4O2S/c11-10(12,13)20(18)5-4-17-3-1-2-7(6-17)8-15-16-9(14)19-8/h7H,1-6H2,(H2,14,16). The number of likely N-dealkylation sites (tertiary alicyclic amines) is 1. The van der Waals surface area contributed by atoms with Crippen LogP contribution in [0.15, 0.2) is 4.42 Å². The van der Waals surface area contributed by atoms with Crippen LogP contribution in [0.25, 0.3) is 0 Å². The molecular weight excluding hydrogens is 297 g/mol. The minimum atomic E-state index is -4.64. The molecule has 114 valence electrons. The van der Waals surface area contributed by atoms with E-state index < -0.39 is 22.1 Å². The van der Waals surface area contributed by atoms with E-state index >= 15 is 0 Å². The second-order valence-electron chi connectivity index (χ2n) is 4.61. The number of halogens is 3. The number of nitrogens with two attached hydrogens (primary N) is 1. The molecule has 2 rings (SSSR count). The lowest BCUT2D eigenvalue weighted by Crippen LogP contribution is -2.38. The zero-order valence-corrected chi connectivity index (χ0v) is 11.4. The Kier molecular flexibility index (Phi) is 4.63. The van der Waals surface area contributed by atoms with Crippen molar-refractivity contribution in [3.8, 4) is 0 Å². The summed E-state index contributed by atoms with van der Waals surface area (Å²) in [6, 6.07) is -0.0182. The van der Waals surface area contributed by atoms with E-state index in [1.165, 1.54) is 0 Å².